The molecule has 1 aliphatic carbocycles. The van der Waals surface area contributed by atoms with Crippen LogP contribution >= 0.6 is 0 Å². The molecule has 0 spiro atoms. The largest absolute Gasteiger partial charge is 0.115 e. The zero-order chi connectivity index (χ0) is 8.43. The summed E-state index contributed by atoms with van der Waals surface area (Å²) in [4.78, 5) is 0. The summed E-state index contributed by atoms with van der Waals surface area (Å²) in [7, 11) is 0. The molecule has 0 N–H and O–H groups in total. The molecule has 0 aromatic carbocycles. The second kappa shape index (κ2) is 3.13. The van der Waals surface area contributed by atoms with Crippen LogP contribution in [-0.4, -0.2) is 0 Å². The fourth-order valence-electron chi connectivity index (χ4n) is 1.84. The summed E-state index contributed by atoms with van der Waals surface area (Å²) in [6.45, 7) is 6.72. The van der Waals surface area contributed by atoms with Crippen molar-refractivity contribution in [2.24, 2.45) is 11.8 Å². The van der Waals surface area contributed by atoms with E-state index in [1.807, 2.05) is 0 Å². The Kier molecular flexibility index (Phi) is 2.39. The van der Waals surface area contributed by atoms with Crippen LogP contribution in [0.5, 0.6) is 0 Å². The van der Waals surface area contributed by atoms with Crippen LogP contribution in [0.25, 0.3) is 0 Å². The van der Waals surface area contributed by atoms with Gasteiger partial charge in [0.25, 0.3) is 0 Å². The van der Waals surface area contributed by atoms with E-state index in [1.54, 1.807) is 0 Å². The number of allylic oxidation sites excluding steroid dienone is 2. The van der Waals surface area contributed by atoms with Gasteiger partial charge >= 0.3 is 0 Å². The quantitative estimate of drug-likeness (QED) is 0.463. The second-order valence-corrected chi connectivity index (χ2v) is 3.75. The Morgan fingerprint density at radius 1 is 1.45 bits per heavy atom. The Bertz CT molecular complexity index is 215. The van der Waals surface area contributed by atoms with Gasteiger partial charge in [0.2, 0.25) is 0 Å². The highest BCUT2D eigenvalue weighted by Gasteiger charge is 2.19. The highest BCUT2D eigenvalue weighted by atomic mass is 14.2. The molecule has 0 bridgehead atoms. The van der Waals surface area contributed by atoms with Crippen LogP contribution in [0.15, 0.2) is 11.1 Å². The molecule has 0 saturated heterocycles. The number of hydrogen-bond donors (Lipinski definition) is 0. The highest BCUT2D eigenvalue weighted by Crippen LogP contribution is 2.32. The Hall–Kier alpha value is -0.700. The third-order valence-electron chi connectivity index (χ3n) is 2.70. The summed E-state index contributed by atoms with van der Waals surface area (Å²) in [5, 5.41) is 0. The molecule has 0 unspecified atom stereocenters. The lowest BCUT2D eigenvalue weighted by Crippen LogP contribution is -2.13. The molecular formula is C11H16. The fraction of sp³-hybridized carbons (Fsp3) is 0.636. The lowest BCUT2D eigenvalue weighted by Gasteiger charge is -2.25. The lowest BCUT2D eigenvalue weighted by atomic mass is 9.79. The molecule has 1 aliphatic rings. The Labute approximate surface area is 69.7 Å². The van der Waals surface area contributed by atoms with Gasteiger partial charge < -0.3 is 0 Å². The van der Waals surface area contributed by atoms with Gasteiger partial charge in [-0.25, -0.2) is 0 Å². The van der Waals surface area contributed by atoms with E-state index in [4.69, 9.17) is 6.42 Å². The van der Waals surface area contributed by atoms with Crippen LogP contribution < -0.4 is 0 Å². The molecular weight excluding hydrogens is 132 g/mol. The van der Waals surface area contributed by atoms with Gasteiger partial charge in [-0.1, -0.05) is 25.3 Å². The third kappa shape index (κ3) is 1.66. The van der Waals surface area contributed by atoms with Crippen LogP contribution in [0, 0.1) is 24.2 Å². The molecule has 0 amide bonds. The van der Waals surface area contributed by atoms with Crippen molar-refractivity contribution in [2.45, 2.75) is 33.6 Å². The molecule has 2 atom stereocenters. The Morgan fingerprint density at radius 2 is 2.09 bits per heavy atom. The predicted molar refractivity (Wildman–Crippen MR) is 49.1 cm³/mol. The standard InChI is InChI=1S/C11H16/c1-5-11-7-8(2)6-9(3)10(11)4/h1,8-9H,6-7H2,2-4H3/t8-,9-/m0/s1. The van der Waals surface area contributed by atoms with E-state index in [-0.39, 0.29) is 0 Å². The summed E-state index contributed by atoms with van der Waals surface area (Å²) >= 11 is 0. The topological polar surface area (TPSA) is 0 Å². The maximum atomic E-state index is 5.41. The maximum Gasteiger partial charge on any atom is 0.00122 e. The minimum atomic E-state index is 0.699. The number of rotatable bonds is 0. The van der Waals surface area contributed by atoms with Crippen LogP contribution in [0.2, 0.25) is 0 Å². The van der Waals surface area contributed by atoms with Crippen molar-refractivity contribution < 1.29 is 0 Å². The molecule has 1 rings (SSSR count). The average molecular weight is 148 g/mol. The van der Waals surface area contributed by atoms with Crippen LogP contribution in [0.4, 0.5) is 0 Å². The summed E-state index contributed by atoms with van der Waals surface area (Å²) in [6.07, 6.45) is 7.83. The zero-order valence-corrected chi connectivity index (χ0v) is 7.65. The van der Waals surface area contributed by atoms with Gasteiger partial charge in [-0.2, -0.15) is 0 Å². The van der Waals surface area contributed by atoms with Crippen LogP contribution in [0.3, 0.4) is 0 Å². The van der Waals surface area contributed by atoms with Crippen molar-refractivity contribution in [3.8, 4) is 12.3 Å². The molecule has 0 nitrogen and oxygen atoms in total. The van der Waals surface area contributed by atoms with E-state index in [0.29, 0.717) is 5.92 Å². The molecule has 11 heavy (non-hydrogen) atoms. The normalized spacial score (nSPS) is 31.8. The van der Waals surface area contributed by atoms with Gasteiger partial charge in [-0.15, -0.1) is 6.42 Å². The molecule has 0 heterocycles. The van der Waals surface area contributed by atoms with E-state index in [2.05, 4.69) is 26.7 Å². The fourth-order valence-corrected chi connectivity index (χ4v) is 1.84. The summed E-state index contributed by atoms with van der Waals surface area (Å²) < 4.78 is 0. The van der Waals surface area contributed by atoms with Gasteiger partial charge in [0.15, 0.2) is 0 Å². The summed E-state index contributed by atoms with van der Waals surface area (Å²) in [5.41, 5.74) is 2.68. The van der Waals surface area contributed by atoms with Gasteiger partial charge in [0.1, 0.15) is 0 Å². The summed E-state index contributed by atoms with van der Waals surface area (Å²) in [5.74, 6) is 4.27. The third-order valence-corrected chi connectivity index (χ3v) is 2.70. The van der Waals surface area contributed by atoms with Gasteiger partial charge in [-0.05, 0) is 31.6 Å². The highest BCUT2D eigenvalue weighted by molar-refractivity contribution is 5.33. The van der Waals surface area contributed by atoms with Crippen molar-refractivity contribution in [1.29, 1.82) is 0 Å². The minimum absolute atomic E-state index is 0.699. The first-order valence-electron chi connectivity index (χ1n) is 4.31. The first kappa shape index (κ1) is 8.40. The van der Waals surface area contributed by atoms with Crippen molar-refractivity contribution in [3.63, 3.8) is 0 Å². The molecule has 60 valence electrons. The molecule has 0 heteroatoms. The molecule has 0 aliphatic heterocycles. The lowest BCUT2D eigenvalue weighted by molar-refractivity contribution is 0.422. The number of terminal acetylenes is 1. The smallest absolute Gasteiger partial charge is 0.00122 e. The molecule has 0 aromatic heterocycles. The summed E-state index contributed by atoms with van der Waals surface area (Å²) in [6, 6.07) is 0. The van der Waals surface area contributed by atoms with Crippen molar-refractivity contribution >= 4 is 0 Å². The van der Waals surface area contributed by atoms with Crippen molar-refractivity contribution in [1.82, 2.24) is 0 Å². The molecule has 0 saturated carbocycles. The Balaban J connectivity index is 2.88. The Morgan fingerprint density at radius 3 is 2.64 bits per heavy atom. The first-order chi connectivity index (χ1) is 5.15. The monoisotopic (exact) mass is 148 g/mol. The molecule has 0 aromatic rings. The van der Waals surface area contributed by atoms with Crippen LogP contribution in [0.1, 0.15) is 33.6 Å². The zero-order valence-electron chi connectivity index (χ0n) is 7.65. The maximum absolute atomic E-state index is 5.41. The molecule has 0 radical (unpaired) electrons. The molecule has 0 fully saturated rings. The van der Waals surface area contributed by atoms with Crippen LogP contribution in [-0.2, 0) is 0 Å². The SMILES string of the molecule is C#CC1=C(C)[C@@H](C)C[C@H](C)C1. The van der Waals surface area contributed by atoms with Gasteiger partial charge in [-0.3, -0.25) is 0 Å². The number of hydrogen-bond acceptors (Lipinski definition) is 0. The van der Waals surface area contributed by atoms with Gasteiger partial charge in [0.05, 0.1) is 0 Å². The predicted octanol–water partition coefficient (Wildman–Crippen LogP) is 3.00. The van der Waals surface area contributed by atoms with Crippen molar-refractivity contribution in [2.75, 3.05) is 0 Å². The van der Waals surface area contributed by atoms with E-state index >= 15 is 0 Å². The average Bonchev–Trinajstić information content (AvgIpc) is 1.96. The van der Waals surface area contributed by atoms with E-state index in [9.17, 15) is 0 Å². The second-order valence-electron chi connectivity index (χ2n) is 3.75. The van der Waals surface area contributed by atoms with E-state index in [1.165, 1.54) is 17.6 Å². The van der Waals surface area contributed by atoms with E-state index < -0.39 is 0 Å². The van der Waals surface area contributed by atoms with Gasteiger partial charge in [0, 0.05) is 5.57 Å². The van der Waals surface area contributed by atoms with E-state index in [0.717, 1.165) is 12.3 Å². The van der Waals surface area contributed by atoms with Crippen molar-refractivity contribution in [3.05, 3.63) is 11.1 Å². The first-order valence-corrected chi connectivity index (χ1v) is 4.31. The minimum Gasteiger partial charge on any atom is -0.115 e.